The summed E-state index contributed by atoms with van der Waals surface area (Å²) in [6.07, 6.45) is 1.44. The summed E-state index contributed by atoms with van der Waals surface area (Å²) in [5, 5.41) is 12.5. The molecule has 0 spiro atoms. The van der Waals surface area contributed by atoms with Gasteiger partial charge in [-0.2, -0.15) is 0 Å². The maximum absolute atomic E-state index is 12.5. The Labute approximate surface area is 142 Å². The molecule has 2 unspecified atom stereocenters. The molecule has 2 rings (SSSR count). The van der Waals surface area contributed by atoms with Crippen molar-refractivity contribution in [1.29, 1.82) is 0 Å². The average molecular weight is 376 g/mol. The molecule has 0 saturated heterocycles. The first-order chi connectivity index (χ1) is 11.1. The molecule has 0 aromatic heterocycles. The molecule has 120 valence electrons. The van der Waals surface area contributed by atoms with Crippen LogP contribution in [0.15, 0.2) is 60.7 Å². The van der Waals surface area contributed by atoms with Crippen LogP contribution in [0, 0.1) is 5.21 Å². The molecule has 0 aliphatic carbocycles. The van der Waals surface area contributed by atoms with Crippen molar-refractivity contribution >= 4 is 31.6 Å². The number of methoxy groups -OCH3 is 1. The van der Waals surface area contributed by atoms with Crippen molar-refractivity contribution in [3.05, 3.63) is 71.4 Å². The van der Waals surface area contributed by atoms with Gasteiger partial charge in [0.2, 0.25) is 0 Å². The maximum atomic E-state index is 12.5. The molecular weight excluding hydrogens is 357 g/mol. The topological polar surface area (TPSA) is 52.4 Å². The van der Waals surface area contributed by atoms with Crippen LogP contribution < -0.4 is 4.46 Å². The normalized spacial score (nSPS) is 14.1. The summed E-state index contributed by atoms with van der Waals surface area (Å²) in [6.45, 7) is 1.92. The van der Waals surface area contributed by atoms with E-state index in [0.717, 1.165) is 14.8 Å². The van der Waals surface area contributed by atoms with Crippen molar-refractivity contribution in [1.82, 2.24) is 0 Å². The molecule has 5 heteroatoms. The third-order valence-electron chi connectivity index (χ3n) is 3.30. The first kappa shape index (κ1) is 17.3. The second-order valence-corrected chi connectivity index (χ2v) is 8.05. The molecule has 0 bridgehead atoms. The first-order valence-corrected chi connectivity index (χ1v) is 9.11. The van der Waals surface area contributed by atoms with Gasteiger partial charge in [0.1, 0.15) is 0 Å². The number of hydrogen-bond acceptors (Lipinski definition) is 3. The van der Waals surface area contributed by atoms with Crippen molar-refractivity contribution < 1.29 is 14.3 Å². The Morgan fingerprint density at radius 3 is 2.26 bits per heavy atom. The van der Waals surface area contributed by atoms with Crippen LogP contribution in [0.4, 0.5) is 0 Å². The van der Waals surface area contributed by atoms with Gasteiger partial charge < -0.3 is 0 Å². The van der Waals surface area contributed by atoms with Crippen molar-refractivity contribution in [2.75, 3.05) is 7.11 Å². The average Bonchev–Trinajstić information content (AvgIpc) is 2.56. The van der Waals surface area contributed by atoms with Gasteiger partial charge in [-0.25, -0.2) is 0 Å². The van der Waals surface area contributed by atoms with E-state index in [4.69, 9.17) is 4.74 Å². The van der Waals surface area contributed by atoms with E-state index < -0.39 is 12.0 Å². The van der Waals surface area contributed by atoms with E-state index in [1.54, 1.807) is 0 Å². The van der Waals surface area contributed by atoms with Gasteiger partial charge in [-0.3, -0.25) is 0 Å². The number of carbonyl (C=O) groups excluding carboxylic acids is 1. The summed E-state index contributed by atoms with van der Waals surface area (Å²) in [5.74, 6) is -0.502. The Balaban J connectivity index is 2.22. The molecular formula is C18H19NO3Se. The molecule has 2 aromatic carbocycles. The van der Waals surface area contributed by atoms with Crippen LogP contribution in [0.1, 0.15) is 12.5 Å². The second-order valence-electron chi connectivity index (χ2n) is 5.00. The number of ether oxygens (including phenoxy) is 1. The SMILES string of the molecule is COC(=O)C(C(C)[Se]c1ccccc1)/[N+]([O-])=C/c1ccccc1. The van der Waals surface area contributed by atoms with E-state index in [0.29, 0.717) is 0 Å². The van der Waals surface area contributed by atoms with Crippen LogP contribution in [0.5, 0.6) is 0 Å². The minimum atomic E-state index is -0.847. The fourth-order valence-corrected chi connectivity index (χ4v) is 4.48. The van der Waals surface area contributed by atoms with Gasteiger partial charge in [0.25, 0.3) is 0 Å². The Bertz CT molecular complexity index is 658. The third kappa shape index (κ3) is 4.95. The van der Waals surface area contributed by atoms with E-state index in [1.807, 2.05) is 67.6 Å². The van der Waals surface area contributed by atoms with Gasteiger partial charge in [0, 0.05) is 0 Å². The molecule has 0 N–H and O–H groups in total. The van der Waals surface area contributed by atoms with Crippen LogP contribution in [-0.4, -0.2) is 45.0 Å². The van der Waals surface area contributed by atoms with E-state index in [1.165, 1.54) is 13.3 Å². The molecule has 4 nitrogen and oxygen atoms in total. The predicted molar refractivity (Wildman–Crippen MR) is 92.3 cm³/mol. The fourth-order valence-electron chi connectivity index (χ4n) is 2.17. The van der Waals surface area contributed by atoms with Crippen molar-refractivity contribution in [3.63, 3.8) is 0 Å². The zero-order valence-electron chi connectivity index (χ0n) is 13.1. The van der Waals surface area contributed by atoms with E-state index in [2.05, 4.69) is 0 Å². The van der Waals surface area contributed by atoms with E-state index in [-0.39, 0.29) is 19.8 Å². The number of benzene rings is 2. The summed E-state index contributed by atoms with van der Waals surface area (Å²) in [7, 11) is 1.31. The van der Waals surface area contributed by atoms with Crippen molar-refractivity contribution in [2.45, 2.75) is 17.8 Å². The first-order valence-electron chi connectivity index (χ1n) is 7.26. The predicted octanol–water partition coefficient (Wildman–Crippen LogP) is 2.00. The van der Waals surface area contributed by atoms with Crippen LogP contribution >= 0.6 is 0 Å². The summed E-state index contributed by atoms with van der Waals surface area (Å²) in [4.78, 5) is 12.0. The van der Waals surface area contributed by atoms with Gasteiger partial charge in [0.05, 0.1) is 0 Å². The Morgan fingerprint density at radius 1 is 1.13 bits per heavy atom. The Hall–Kier alpha value is -2.10. The molecule has 2 aromatic rings. The molecule has 0 saturated carbocycles. The standard InChI is InChI=1S/C18H19NO3Se/c1-14(23-16-11-7-4-8-12-16)17(18(20)22-2)19(21)13-15-9-5-3-6-10-15/h3-14,17H,1-2H3/b19-13-. The number of hydrogen-bond donors (Lipinski definition) is 0. The van der Waals surface area contributed by atoms with E-state index in [9.17, 15) is 10.0 Å². The number of hydroxylamine groups is 1. The molecule has 0 aliphatic rings. The van der Waals surface area contributed by atoms with E-state index >= 15 is 0 Å². The zero-order chi connectivity index (χ0) is 16.7. The molecule has 2 atom stereocenters. The van der Waals surface area contributed by atoms with Crippen LogP contribution in [-0.2, 0) is 9.53 Å². The van der Waals surface area contributed by atoms with Crippen molar-refractivity contribution in [3.8, 4) is 0 Å². The molecule has 0 radical (unpaired) electrons. The summed E-state index contributed by atoms with van der Waals surface area (Å²) in [6, 6.07) is 18.3. The Morgan fingerprint density at radius 2 is 1.70 bits per heavy atom. The van der Waals surface area contributed by atoms with Gasteiger partial charge >= 0.3 is 142 Å². The van der Waals surface area contributed by atoms with Crippen LogP contribution in [0.25, 0.3) is 0 Å². The minimum absolute atomic E-state index is 0.00664. The van der Waals surface area contributed by atoms with Crippen LogP contribution in [0.3, 0.4) is 0 Å². The third-order valence-corrected chi connectivity index (χ3v) is 5.77. The molecule has 0 heterocycles. The fraction of sp³-hybridized carbons (Fsp3) is 0.222. The summed E-state index contributed by atoms with van der Waals surface area (Å²) < 4.78 is 6.71. The van der Waals surface area contributed by atoms with Crippen molar-refractivity contribution in [2.24, 2.45) is 0 Å². The number of esters is 1. The summed E-state index contributed by atoms with van der Waals surface area (Å²) in [5.41, 5.74) is 0.760. The number of rotatable bonds is 6. The molecule has 23 heavy (non-hydrogen) atoms. The second kappa shape index (κ2) is 8.51. The van der Waals surface area contributed by atoms with Gasteiger partial charge in [-0.05, 0) is 0 Å². The molecule has 0 amide bonds. The molecule has 0 aliphatic heterocycles. The quantitative estimate of drug-likeness (QED) is 0.194. The van der Waals surface area contributed by atoms with Crippen LogP contribution in [0.2, 0.25) is 4.82 Å². The zero-order valence-corrected chi connectivity index (χ0v) is 14.8. The van der Waals surface area contributed by atoms with Gasteiger partial charge in [-0.1, -0.05) is 0 Å². The van der Waals surface area contributed by atoms with Gasteiger partial charge in [0.15, 0.2) is 0 Å². The Kier molecular flexibility index (Phi) is 6.39. The number of carbonyl (C=O) groups is 1. The van der Waals surface area contributed by atoms with Gasteiger partial charge in [-0.15, -0.1) is 0 Å². The molecule has 0 fully saturated rings. The number of nitrogens with zero attached hydrogens (tertiary/aromatic N) is 1. The monoisotopic (exact) mass is 377 g/mol. The summed E-state index contributed by atoms with van der Waals surface area (Å²) >= 11 is -0.00664.